The van der Waals surface area contributed by atoms with Gasteiger partial charge in [-0.1, -0.05) is 62.9 Å². The third-order valence-corrected chi connectivity index (χ3v) is 3.45. The van der Waals surface area contributed by atoms with Crippen molar-refractivity contribution in [2.24, 2.45) is 0 Å². The Morgan fingerprint density at radius 2 is 1.67 bits per heavy atom. The molecule has 0 heterocycles. The van der Waals surface area contributed by atoms with Gasteiger partial charge in [-0.2, -0.15) is 0 Å². The van der Waals surface area contributed by atoms with Crippen molar-refractivity contribution < 1.29 is 0 Å². The van der Waals surface area contributed by atoms with Crippen molar-refractivity contribution >= 4 is 12.6 Å². The average molecular weight is 258 g/mol. The minimum atomic E-state index is -0.0554. The topological polar surface area (TPSA) is 0 Å². The molecule has 0 unspecified atom stereocenters. The highest BCUT2D eigenvalue weighted by Crippen LogP contribution is 2.34. The van der Waals surface area contributed by atoms with Crippen LogP contribution in [0, 0.1) is 0 Å². The molecule has 1 aromatic rings. The van der Waals surface area contributed by atoms with Crippen LogP contribution in [0.2, 0.25) is 0 Å². The third kappa shape index (κ3) is 3.64. The summed E-state index contributed by atoms with van der Waals surface area (Å²) in [6.45, 7) is 12.7. The first-order valence-corrected chi connectivity index (χ1v) is 6.60. The van der Waals surface area contributed by atoms with Crippen LogP contribution in [-0.4, -0.2) is 0 Å². The van der Waals surface area contributed by atoms with E-state index >= 15 is 0 Å². The Hall–Kier alpha value is -1.21. The van der Waals surface area contributed by atoms with Gasteiger partial charge in [-0.3, -0.25) is 0 Å². The van der Waals surface area contributed by atoms with E-state index < -0.39 is 0 Å². The SMILES string of the molecule is C=C(/C(C)=C\C=C(/C)S)C(C)(C)c1ccccc1. The van der Waals surface area contributed by atoms with Crippen LogP contribution >= 0.6 is 12.6 Å². The summed E-state index contributed by atoms with van der Waals surface area (Å²) in [4.78, 5) is 1.000. The predicted molar refractivity (Wildman–Crippen MR) is 85.1 cm³/mol. The molecule has 0 spiro atoms. The van der Waals surface area contributed by atoms with Crippen LogP contribution in [-0.2, 0) is 5.41 Å². The Morgan fingerprint density at radius 3 is 2.17 bits per heavy atom. The van der Waals surface area contributed by atoms with Gasteiger partial charge in [-0.15, -0.1) is 12.6 Å². The molecule has 0 radical (unpaired) electrons. The molecular weight excluding hydrogens is 236 g/mol. The van der Waals surface area contributed by atoms with Crippen molar-refractivity contribution in [3.05, 3.63) is 70.7 Å². The zero-order chi connectivity index (χ0) is 13.8. The van der Waals surface area contributed by atoms with E-state index in [0.29, 0.717) is 0 Å². The molecule has 0 saturated heterocycles. The van der Waals surface area contributed by atoms with Gasteiger partial charge in [0.1, 0.15) is 0 Å². The second kappa shape index (κ2) is 6.10. The van der Waals surface area contributed by atoms with E-state index in [4.69, 9.17) is 0 Å². The molecule has 1 heteroatoms. The zero-order valence-electron chi connectivity index (χ0n) is 11.7. The van der Waals surface area contributed by atoms with Crippen LogP contribution in [0.5, 0.6) is 0 Å². The molecule has 0 aliphatic rings. The normalized spacial score (nSPS) is 13.6. The minimum absolute atomic E-state index is 0.0554. The Kier molecular flexibility index (Phi) is 5.03. The Morgan fingerprint density at radius 1 is 1.11 bits per heavy atom. The first-order chi connectivity index (χ1) is 8.35. The van der Waals surface area contributed by atoms with Crippen molar-refractivity contribution in [2.75, 3.05) is 0 Å². The molecule has 0 fully saturated rings. The van der Waals surface area contributed by atoms with E-state index in [-0.39, 0.29) is 5.41 Å². The number of benzene rings is 1. The molecule has 0 atom stereocenters. The van der Waals surface area contributed by atoms with E-state index in [1.54, 1.807) is 0 Å². The number of hydrogen-bond donors (Lipinski definition) is 1. The largest absolute Gasteiger partial charge is 0.148 e. The summed E-state index contributed by atoms with van der Waals surface area (Å²) in [6, 6.07) is 10.5. The molecule has 0 N–H and O–H groups in total. The number of hydrogen-bond acceptors (Lipinski definition) is 1. The minimum Gasteiger partial charge on any atom is -0.148 e. The van der Waals surface area contributed by atoms with E-state index in [0.717, 1.165) is 10.5 Å². The number of thiol groups is 1. The van der Waals surface area contributed by atoms with Crippen LogP contribution < -0.4 is 0 Å². The number of allylic oxidation sites excluding steroid dienone is 5. The molecule has 96 valence electrons. The fourth-order valence-electron chi connectivity index (χ4n) is 1.87. The van der Waals surface area contributed by atoms with Gasteiger partial charge in [0.15, 0.2) is 0 Å². The van der Waals surface area contributed by atoms with Crippen LogP contribution in [0.3, 0.4) is 0 Å². The molecule has 0 aliphatic heterocycles. The lowest BCUT2D eigenvalue weighted by molar-refractivity contribution is 0.633. The monoisotopic (exact) mass is 258 g/mol. The van der Waals surface area contributed by atoms with Gasteiger partial charge in [0.25, 0.3) is 0 Å². The van der Waals surface area contributed by atoms with Crippen molar-refractivity contribution in [1.29, 1.82) is 0 Å². The Balaban J connectivity index is 3.03. The summed E-state index contributed by atoms with van der Waals surface area (Å²) in [5, 5.41) is 0. The second-order valence-corrected chi connectivity index (χ2v) is 5.83. The summed E-state index contributed by atoms with van der Waals surface area (Å²) in [5.74, 6) is 0. The Bertz CT molecular complexity index is 472. The van der Waals surface area contributed by atoms with Gasteiger partial charge >= 0.3 is 0 Å². The lowest BCUT2D eigenvalue weighted by Gasteiger charge is -2.28. The fraction of sp³-hybridized carbons (Fsp3) is 0.294. The van der Waals surface area contributed by atoms with Crippen LogP contribution in [0.1, 0.15) is 33.3 Å². The Labute approximate surface area is 117 Å². The lowest BCUT2D eigenvalue weighted by Crippen LogP contribution is -2.20. The van der Waals surface area contributed by atoms with Crippen molar-refractivity contribution in [3.8, 4) is 0 Å². The maximum Gasteiger partial charge on any atom is 0.0143 e. The van der Waals surface area contributed by atoms with E-state index in [2.05, 4.69) is 70.3 Å². The van der Waals surface area contributed by atoms with Gasteiger partial charge in [0.2, 0.25) is 0 Å². The van der Waals surface area contributed by atoms with Crippen LogP contribution in [0.15, 0.2) is 65.1 Å². The van der Waals surface area contributed by atoms with Crippen molar-refractivity contribution in [2.45, 2.75) is 33.1 Å². The van der Waals surface area contributed by atoms with Gasteiger partial charge in [-0.25, -0.2) is 0 Å². The second-order valence-electron chi connectivity index (χ2n) is 5.13. The first-order valence-electron chi connectivity index (χ1n) is 6.15. The molecule has 0 bridgehead atoms. The lowest BCUT2D eigenvalue weighted by atomic mass is 9.75. The van der Waals surface area contributed by atoms with E-state index in [1.165, 1.54) is 11.1 Å². The summed E-state index contributed by atoms with van der Waals surface area (Å²) in [7, 11) is 0. The average Bonchev–Trinajstić information content (AvgIpc) is 2.36. The smallest absolute Gasteiger partial charge is 0.0143 e. The fourth-order valence-corrected chi connectivity index (χ4v) is 1.94. The molecule has 0 aromatic heterocycles. The van der Waals surface area contributed by atoms with Gasteiger partial charge < -0.3 is 0 Å². The molecule has 0 aliphatic carbocycles. The van der Waals surface area contributed by atoms with E-state index in [9.17, 15) is 0 Å². The summed E-state index contributed by atoms with van der Waals surface area (Å²) in [5.41, 5.74) is 3.56. The molecular formula is C17H22S. The first kappa shape index (κ1) is 14.8. The highest BCUT2D eigenvalue weighted by molar-refractivity contribution is 7.84. The molecule has 18 heavy (non-hydrogen) atoms. The summed E-state index contributed by atoms with van der Waals surface area (Å²) < 4.78 is 0. The predicted octanol–water partition coefficient (Wildman–Crippen LogP) is 5.30. The summed E-state index contributed by atoms with van der Waals surface area (Å²) in [6.07, 6.45) is 4.08. The third-order valence-electron chi connectivity index (χ3n) is 3.30. The van der Waals surface area contributed by atoms with Crippen LogP contribution in [0.25, 0.3) is 0 Å². The maximum absolute atomic E-state index is 4.27. The maximum atomic E-state index is 4.27. The molecule has 1 aromatic carbocycles. The molecule has 0 amide bonds. The molecule has 0 nitrogen and oxygen atoms in total. The van der Waals surface area contributed by atoms with E-state index in [1.807, 2.05) is 19.1 Å². The molecule has 1 rings (SSSR count). The highest BCUT2D eigenvalue weighted by Gasteiger charge is 2.24. The van der Waals surface area contributed by atoms with Crippen LogP contribution in [0.4, 0.5) is 0 Å². The standard InChI is InChI=1S/C17H22S/c1-13(11-12-14(2)18)15(3)17(4,5)16-9-7-6-8-10-16/h6-12,18H,3H2,1-2,4-5H3/b13-11-,14-12+. The number of rotatable bonds is 4. The van der Waals surface area contributed by atoms with Crippen molar-refractivity contribution in [1.82, 2.24) is 0 Å². The van der Waals surface area contributed by atoms with Gasteiger partial charge in [0, 0.05) is 5.41 Å². The molecule has 0 saturated carbocycles. The van der Waals surface area contributed by atoms with Gasteiger partial charge in [0.05, 0.1) is 0 Å². The van der Waals surface area contributed by atoms with Crippen molar-refractivity contribution in [3.63, 3.8) is 0 Å². The quantitative estimate of drug-likeness (QED) is 0.550. The zero-order valence-corrected chi connectivity index (χ0v) is 12.6. The van der Waals surface area contributed by atoms with Gasteiger partial charge in [-0.05, 0) is 35.5 Å². The summed E-state index contributed by atoms with van der Waals surface area (Å²) >= 11 is 4.27. The highest BCUT2D eigenvalue weighted by atomic mass is 32.1.